The Hall–Kier alpha value is -4.34. The number of pyridine rings is 1. The second-order valence-corrected chi connectivity index (χ2v) is 5.90. The molecule has 0 fully saturated rings. The predicted octanol–water partition coefficient (Wildman–Crippen LogP) is 2.98. The van der Waals surface area contributed by atoms with Crippen molar-refractivity contribution >= 4 is 0 Å². The van der Waals surface area contributed by atoms with Gasteiger partial charge in [-0.2, -0.15) is 4.98 Å². The Labute approximate surface area is 162 Å². The van der Waals surface area contributed by atoms with Crippen molar-refractivity contribution in [1.82, 2.24) is 40.1 Å². The molecule has 0 aliphatic carbocycles. The zero-order valence-electron chi connectivity index (χ0n) is 14.7. The van der Waals surface area contributed by atoms with Crippen molar-refractivity contribution in [3.05, 3.63) is 73.2 Å². The molecular weight excluding hydrogens is 375 g/mol. The summed E-state index contributed by atoms with van der Waals surface area (Å²) in [6.07, 6.45) is 7.84. The second-order valence-electron chi connectivity index (χ2n) is 5.90. The molecule has 1 aromatic carbocycles. The number of aromatic nitrogens is 8. The minimum Gasteiger partial charge on any atom is -0.332 e. The van der Waals surface area contributed by atoms with Gasteiger partial charge in [-0.3, -0.25) is 9.97 Å². The SMILES string of the molecule is Fc1ccccc1-n1nnc(-c2nc(-c3cnccn3)no2)c1-c1ccncc1. The number of nitrogens with zero attached hydrogens (tertiary/aromatic N) is 8. The number of benzene rings is 1. The van der Waals surface area contributed by atoms with Gasteiger partial charge < -0.3 is 4.52 Å². The first-order valence-electron chi connectivity index (χ1n) is 8.53. The molecule has 0 saturated carbocycles. The van der Waals surface area contributed by atoms with Crippen LogP contribution in [0.1, 0.15) is 0 Å². The van der Waals surface area contributed by atoms with Gasteiger partial charge in [0.25, 0.3) is 5.89 Å². The molecule has 0 unspecified atom stereocenters. The van der Waals surface area contributed by atoms with E-state index in [-0.39, 0.29) is 17.4 Å². The van der Waals surface area contributed by atoms with Gasteiger partial charge in [-0.1, -0.05) is 22.5 Å². The maximum atomic E-state index is 14.4. The standard InChI is InChI=1S/C19H11FN8O/c20-13-3-1-2-4-15(13)28-17(12-5-7-21-8-6-12)16(25-27-28)19-24-18(26-29-19)14-11-22-9-10-23-14/h1-11H. The van der Waals surface area contributed by atoms with Crippen molar-refractivity contribution in [2.75, 3.05) is 0 Å². The molecule has 0 aliphatic heterocycles. The first kappa shape index (κ1) is 16.8. The lowest BCUT2D eigenvalue weighted by Gasteiger charge is -2.08. The molecule has 140 valence electrons. The van der Waals surface area contributed by atoms with Crippen LogP contribution in [0.4, 0.5) is 4.39 Å². The van der Waals surface area contributed by atoms with Crippen molar-refractivity contribution < 1.29 is 8.91 Å². The van der Waals surface area contributed by atoms with Crippen molar-refractivity contribution in [2.24, 2.45) is 0 Å². The van der Waals surface area contributed by atoms with Gasteiger partial charge in [-0.15, -0.1) is 5.10 Å². The summed E-state index contributed by atoms with van der Waals surface area (Å²) in [4.78, 5) is 16.5. The first-order valence-corrected chi connectivity index (χ1v) is 8.53. The van der Waals surface area contributed by atoms with Gasteiger partial charge in [0.05, 0.1) is 6.20 Å². The highest BCUT2D eigenvalue weighted by atomic mass is 19.1. The van der Waals surface area contributed by atoms with Gasteiger partial charge in [0.15, 0.2) is 5.69 Å². The largest absolute Gasteiger partial charge is 0.332 e. The minimum absolute atomic E-state index is 0.125. The van der Waals surface area contributed by atoms with Crippen LogP contribution in [-0.4, -0.2) is 40.1 Å². The van der Waals surface area contributed by atoms with E-state index >= 15 is 0 Å². The van der Waals surface area contributed by atoms with Crippen molar-refractivity contribution in [2.45, 2.75) is 0 Å². The van der Waals surface area contributed by atoms with Crippen LogP contribution in [0.5, 0.6) is 0 Å². The van der Waals surface area contributed by atoms with Gasteiger partial charge in [0.2, 0.25) is 5.82 Å². The first-order chi connectivity index (χ1) is 14.3. The lowest BCUT2D eigenvalue weighted by atomic mass is 10.1. The molecule has 0 atom stereocenters. The third-order valence-electron chi connectivity index (χ3n) is 4.13. The van der Waals surface area contributed by atoms with Crippen LogP contribution in [0.2, 0.25) is 0 Å². The lowest BCUT2D eigenvalue weighted by Crippen LogP contribution is -2.02. The monoisotopic (exact) mass is 386 g/mol. The van der Waals surface area contributed by atoms with Crippen LogP contribution < -0.4 is 0 Å². The Morgan fingerprint density at radius 1 is 0.931 bits per heavy atom. The molecule has 0 N–H and O–H groups in total. The van der Waals surface area contributed by atoms with Gasteiger partial charge in [0, 0.05) is 30.4 Å². The molecule has 10 heteroatoms. The third-order valence-corrected chi connectivity index (χ3v) is 4.13. The van der Waals surface area contributed by atoms with E-state index in [0.717, 1.165) is 0 Å². The fraction of sp³-hybridized carbons (Fsp3) is 0. The molecule has 9 nitrogen and oxygen atoms in total. The van der Waals surface area contributed by atoms with Crippen LogP contribution in [0.25, 0.3) is 40.0 Å². The Balaban J connectivity index is 1.69. The van der Waals surface area contributed by atoms with E-state index in [0.29, 0.717) is 22.6 Å². The average Bonchev–Trinajstić information content (AvgIpc) is 3.43. The topological polar surface area (TPSA) is 108 Å². The maximum Gasteiger partial charge on any atom is 0.281 e. The summed E-state index contributed by atoms with van der Waals surface area (Å²) in [7, 11) is 0. The molecule has 0 spiro atoms. The second kappa shape index (κ2) is 7.00. The molecule has 29 heavy (non-hydrogen) atoms. The van der Waals surface area contributed by atoms with Crippen LogP contribution in [0.3, 0.4) is 0 Å². The molecule has 0 bridgehead atoms. The van der Waals surface area contributed by atoms with E-state index < -0.39 is 5.82 Å². The third kappa shape index (κ3) is 3.02. The predicted molar refractivity (Wildman–Crippen MR) is 98.9 cm³/mol. The van der Waals surface area contributed by atoms with E-state index in [2.05, 4.69) is 35.4 Å². The van der Waals surface area contributed by atoms with Crippen LogP contribution >= 0.6 is 0 Å². The van der Waals surface area contributed by atoms with Crippen LogP contribution in [-0.2, 0) is 0 Å². The zero-order valence-corrected chi connectivity index (χ0v) is 14.7. The zero-order chi connectivity index (χ0) is 19.6. The maximum absolute atomic E-state index is 14.4. The van der Waals surface area contributed by atoms with E-state index in [1.807, 2.05) is 0 Å². The minimum atomic E-state index is -0.440. The summed E-state index contributed by atoms with van der Waals surface area (Å²) in [5, 5.41) is 12.3. The highest BCUT2D eigenvalue weighted by Crippen LogP contribution is 2.32. The summed E-state index contributed by atoms with van der Waals surface area (Å²) >= 11 is 0. The van der Waals surface area contributed by atoms with Crippen molar-refractivity contribution in [1.29, 1.82) is 0 Å². The summed E-state index contributed by atoms with van der Waals surface area (Å²) < 4.78 is 21.2. The average molecular weight is 386 g/mol. The Bertz CT molecular complexity index is 1270. The van der Waals surface area contributed by atoms with Crippen molar-refractivity contribution in [3.63, 3.8) is 0 Å². The number of hydrogen-bond acceptors (Lipinski definition) is 8. The Morgan fingerprint density at radius 2 is 1.79 bits per heavy atom. The van der Waals surface area contributed by atoms with Crippen LogP contribution in [0.15, 0.2) is 71.9 Å². The molecule has 5 rings (SSSR count). The lowest BCUT2D eigenvalue weighted by molar-refractivity contribution is 0.431. The Morgan fingerprint density at radius 3 is 2.59 bits per heavy atom. The fourth-order valence-electron chi connectivity index (χ4n) is 2.83. The molecule has 4 aromatic heterocycles. The number of rotatable bonds is 4. The highest BCUT2D eigenvalue weighted by Gasteiger charge is 2.24. The Kier molecular flexibility index (Phi) is 4.06. The van der Waals surface area contributed by atoms with E-state index in [9.17, 15) is 4.39 Å². The highest BCUT2D eigenvalue weighted by molar-refractivity contribution is 5.75. The van der Waals surface area contributed by atoms with Crippen LogP contribution in [0, 0.1) is 5.82 Å². The molecular formula is C19H11FN8O. The van der Waals surface area contributed by atoms with E-state index in [1.54, 1.807) is 48.9 Å². The van der Waals surface area contributed by atoms with E-state index in [4.69, 9.17) is 4.52 Å². The van der Waals surface area contributed by atoms with Gasteiger partial charge >= 0.3 is 0 Å². The summed E-state index contributed by atoms with van der Waals surface area (Å²) in [5.41, 5.74) is 2.21. The molecule has 0 aliphatic rings. The van der Waals surface area contributed by atoms with Gasteiger partial charge in [-0.25, -0.2) is 14.1 Å². The van der Waals surface area contributed by atoms with Crippen molar-refractivity contribution in [3.8, 4) is 40.0 Å². The molecule has 0 radical (unpaired) electrons. The van der Waals surface area contributed by atoms with E-state index in [1.165, 1.54) is 23.1 Å². The van der Waals surface area contributed by atoms with Gasteiger partial charge in [-0.05, 0) is 24.3 Å². The smallest absolute Gasteiger partial charge is 0.281 e. The number of para-hydroxylation sites is 1. The summed E-state index contributed by atoms with van der Waals surface area (Å²) in [5.74, 6) is -0.0562. The van der Waals surface area contributed by atoms with Gasteiger partial charge in [0.1, 0.15) is 22.9 Å². The number of halogens is 1. The molecule has 0 amide bonds. The molecule has 0 saturated heterocycles. The summed E-state index contributed by atoms with van der Waals surface area (Å²) in [6.45, 7) is 0. The quantitative estimate of drug-likeness (QED) is 0.464. The molecule has 4 heterocycles. The fourth-order valence-corrected chi connectivity index (χ4v) is 2.83. The molecule has 5 aromatic rings. The normalized spacial score (nSPS) is 10.9. The number of hydrogen-bond donors (Lipinski definition) is 0. The summed E-state index contributed by atoms with van der Waals surface area (Å²) in [6, 6.07) is 9.81.